The third-order valence-corrected chi connectivity index (χ3v) is 3.38. The molecule has 0 radical (unpaired) electrons. The van der Waals surface area contributed by atoms with Crippen LogP contribution in [-0.4, -0.2) is 61.7 Å². The van der Waals surface area contributed by atoms with Crippen molar-refractivity contribution in [3.63, 3.8) is 0 Å². The van der Waals surface area contributed by atoms with Crippen LogP contribution in [0, 0.1) is 0 Å². The van der Waals surface area contributed by atoms with Crippen molar-refractivity contribution in [1.29, 1.82) is 0 Å². The molecule has 2 aliphatic heterocycles. The molecular weight excluding hydrogens is 162 g/mol. The molecule has 2 heterocycles. The SMILES string of the molecule is CCC1CN(C)CC2CNCCN12. The summed E-state index contributed by atoms with van der Waals surface area (Å²) >= 11 is 0. The van der Waals surface area contributed by atoms with Crippen molar-refractivity contribution in [2.24, 2.45) is 0 Å². The van der Waals surface area contributed by atoms with Crippen molar-refractivity contribution in [2.45, 2.75) is 25.4 Å². The third-order valence-electron chi connectivity index (χ3n) is 3.38. The van der Waals surface area contributed by atoms with E-state index in [-0.39, 0.29) is 0 Å². The maximum absolute atomic E-state index is 3.48. The second-order valence-corrected chi connectivity index (χ2v) is 4.38. The zero-order valence-electron chi connectivity index (χ0n) is 8.79. The summed E-state index contributed by atoms with van der Waals surface area (Å²) in [5.41, 5.74) is 0. The van der Waals surface area contributed by atoms with E-state index in [1.807, 2.05) is 0 Å². The highest BCUT2D eigenvalue weighted by molar-refractivity contribution is 4.91. The summed E-state index contributed by atoms with van der Waals surface area (Å²) < 4.78 is 0. The van der Waals surface area contributed by atoms with E-state index in [4.69, 9.17) is 0 Å². The average molecular weight is 183 g/mol. The van der Waals surface area contributed by atoms with E-state index in [1.165, 1.54) is 39.1 Å². The Hall–Kier alpha value is -0.120. The van der Waals surface area contributed by atoms with E-state index in [2.05, 4.69) is 29.1 Å². The van der Waals surface area contributed by atoms with E-state index in [0.29, 0.717) is 0 Å². The fourth-order valence-electron chi connectivity index (χ4n) is 2.69. The Kier molecular flexibility index (Phi) is 2.86. The van der Waals surface area contributed by atoms with Crippen LogP contribution in [0.1, 0.15) is 13.3 Å². The molecule has 13 heavy (non-hydrogen) atoms. The fraction of sp³-hybridized carbons (Fsp3) is 1.00. The number of likely N-dealkylation sites (N-methyl/N-ethyl adjacent to an activating group) is 1. The van der Waals surface area contributed by atoms with Gasteiger partial charge < -0.3 is 10.2 Å². The minimum Gasteiger partial charge on any atom is -0.314 e. The van der Waals surface area contributed by atoms with Crippen LogP contribution >= 0.6 is 0 Å². The Morgan fingerprint density at radius 3 is 3.00 bits per heavy atom. The zero-order valence-corrected chi connectivity index (χ0v) is 8.79. The molecule has 3 heteroatoms. The van der Waals surface area contributed by atoms with Crippen molar-refractivity contribution in [3.8, 4) is 0 Å². The molecule has 2 aliphatic rings. The number of nitrogens with one attached hydrogen (secondary N) is 1. The van der Waals surface area contributed by atoms with Gasteiger partial charge in [0.1, 0.15) is 0 Å². The first-order valence-electron chi connectivity index (χ1n) is 5.46. The largest absolute Gasteiger partial charge is 0.314 e. The van der Waals surface area contributed by atoms with Gasteiger partial charge in [0.15, 0.2) is 0 Å². The van der Waals surface area contributed by atoms with Crippen molar-refractivity contribution < 1.29 is 0 Å². The van der Waals surface area contributed by atoms with Gasteiger partial charge in [-0.2, -0.15) is 0 Å². The molecule has 2 atom stereocenters. The van der Waals surface area contributed by atoms with Gasteiger partial charge in [0.2, 0.25) is 0 Å². The predicted molar refractivity (Wildman–Crippen MR) is 54.9 cm³/mol. The molecule has 3 nitrogen and oxygen atoms in total. The second kappa shape index (κ2) is 3.95. The lowest BCUT2D eigenvalue weighted by Gasteiger charge is -2.48. The van der Waals surface area contributed by atoms with Crippen LogP contribution in [0.3, 0.4) is 0 Å². The monoisotopic (exact) mass is 183 g/mol. The second-order valence-electron chi connectivity index (χ2n) is 4.38. The number of fused-ring (bicyclic) bond motifs is 1. The van der Waals surface area contributed by atoms with Gasteiger partial charge in [-0.05, 0) is 13.5 Å². The smallest absolute Gasteiger partial charge is 0.0351 e. The minimum absolute atomic E-state index is 0.762. The molecule has 0 spiro atoms. The molecule has 0 amide bonds. The van der Waals surface area contributed by atoms with Gasteiger partial charge in [-0.3, -0.25) is 4.90 Å². The highest BCUT2D eigenvalue weighted by Crippen LogP contribution is 2.18. The molecule has 2 fully saturated rings. The topological polar surface area (TPSA) is 18.5 Å². The summed E-state index contributed by atoms with van der Waals surface area (Å²) in [6.07, 6.45) is 1.29. The molecule has 0 aliphatic carbocycles. The Morgan fingerprint density at radius 2 is 2.23 bits per heavy atom. The first-order chi connectivity index (χ1) is 6.31. The van der Waals surface area contributed by atoms with Crippen LogP contribution in [0.15, 0.2) is 0 Å². The molecule has 2 rings (SSSR count). The number of rotatable bonds is 1. The third kappa shape index (κ3) is 1.87. The quantitative estimate of drug-likeness (QED) is 0.616. The lowest BCUT2D eigenvalue weighted by atomic mass is 10.0. The average Bonchev–Trinajstić information content (AvgIpc) is 2.16. The van der Waals surface area contributed by atoms with E-state index in [0.717, 1.165) is 12.1 Å². The van der Waals surface area contributed by atoms with Gasteiger partial charge in [-0.25, -0.2) is 0 Å². The van der Waals surface area contributed by atoms with E-state index in [1.54, 1.807) is 0 Å². The van der Waals surface area contributed by atoms with Crippen LogP contribution in [-0.2, 0) is 0 Å². The Labute approximate surface area is 81.1 Å². The summed E-state index contributed by atoms with van der Waals surface area (Å²) in [6.45, 7) is 8.41. The van der Waals surface area contributed by atoms with Gasteiger partial charge >= 0.3 is 0 Å². The molecule has 0 saturated carbocycles. The molecule has 0 aromatic rings. The zero-order chi connectivity index (χ0) is 9.26. The predicted octanol–water partition coefficient (Wildman–Crippen LogP) is -0.0158. The van der Waals surface area contributed by atoms with Gasteiger partial charge in [-0.15, -0.1) is 0 Å². The summed E-state index contributed by atoms with van der Waals surface area (Å²) in [5.74, 6) is 0. The molecule has 1 N–H and O–H groups in total. The van der Waals surface area contributed by atoms with Crippen LogP contribution in [0.2, 0.25) is 0 Å². The Balaban J connectivity index is 2.02. The first-order valence-corrected chi connectivity index (χ1v) is 5.46. The van der Waals surface area contributed by atoms with Crippen LogP contribution in [0.25, 0.3) is 0 Å². The number of nitrogens with zero attached hydrogens (tertiary/aromatic N) is 2. The van der Waals surface area contributed by atoms with Gasteiger partial charge in [-0.1, -0.05) is 6.92 Å². The fourth-order valence-corrected chi connectivity index (χ4v) is 2.69. The van der Waals surface area contributed by atoms with Crippen molar-refractivity contribution in [2.75, 3.05) is 39.8 Å². The lowest BCUT2D eigenvalue weighted by molar-refractivity contribution is 0.0189. The van der Waals surface area contributed by atoms with Gasteiger partial charge in [0.05, 0.1) is 0 Å². The van der Waals surface area contributed by atoms with Crippen molar-refractivity contribution in [1.82, 2.24) is 15.1 Å². The highest BCUT2D eigenvalue weighted by Gasteiger charge is 2.33. The van der Waals surface area contributed by atoms with Crippen LogP contribution < -0.4 is 5.32 Å². The van der Waals surface area contributed by atoms with Crippen molar-refractivity contribution >= 4 is 0 Å². The van der Waals surface area contributed by atoms with E-state index < -0.39 is 0 Å². The highest BCUT2D eigenvalue weighted by atomic mass is 15.3. The molecule has 2 saturated heterocycles. The normalized spacial score (nSPS) is 37.4. The molecule has 76 valence electrons. The van der Waals surface area contributed by atoms with E-state index >= 15 is 0 Å². The molecule has 0 bridgehead atoms. The number of piperazine rings is 2. The summed E-state index contributed by atoms with van der Waals surface area (Å²) in [7, 11) is 2.24. The summed E-state index contributed by atoms with van der Waals surface area (Å²) in [6, 6.07) is 1.56. The van der Waals surface area contributed by atoms with Gasteiger partial charge in [0, 0.05) is 44.8 Å². The summed E-state index contributed by atoms with van der Waals surface area (Å²) in [4.78, 5) is 5.18. The molecular formula is C10H21N3. The van der Waals surface area contributed by atoms with Crippen LogP contribution in [0.4, 0.5) is 0 Å². The minimum atomic E-state index is 0.762. The maximum atomic E-state index is 3.48. The maximum Gasteiger partial charge on any atom is 0.0351 e. The first kappa shape index (κ1) is 9.44. The summed E-state index contributed by atoms with van der Waals surface area (Å²) in [5, 5.41) is 3.48. The molecule has 0 aromatic carbocycles. The Morgan fingerprint density at radius 1 is 1.38 bits per heavy atom. The number of hydrogen-bond acceptors (Lipinski definition) is 3. The van der Waals surface area contributed by atoms with Gasteiger partial charge in [0.25, 0.3) is 0 Å². The van der Waals surface area contributed by atoms with Crippen LogP contribution in [0.5, 0.6) is 0 Å². The standard InChI is InChI=1S/C10H21N3/c1-3-9-7-12(2)8-10-6-11-4-5-13(9)10/h9-11H,3-8H2,1-2H3. The van der Waals surface area contributed by atoms with E-state index in [9.17, 15) is 0 Å². The molecule has 2 unspecified atom stereocenters. The Bertz CT molecular complexity index is 164. The molecule has 0 aromatic heterocycles. The lowest BCUT2D eigenvalue weighted by Crippen LogP contribution is -2.64. The van der Waals surface area contributed by atoms with Crippen molar-refractivity contribution in [3.05, 3.63) is 0 Å². The number of hydrogen-bond donors (Lipinski definition) is 1.